The van der Waals surface area contributed by atoms with Gasteiger partial charge in [-0.25, -0.2) is 13.6 Å². The van der Waals surface area contributed by atoms with E-state index in [0.717, 1.165) is 12.8 Å². The molecule has 13 heavy (non-hydrogen) atoms. The Labute approximate surface area is 81.8 Å². The van der Waals surface area contributed by atoms with Crippen LogP contribution < -0.4 is 5.14 Å². The Bertz CT molecular complexity index is 240. The molecule has 0 aliphatic heterocycles. The molecule has 0 saturated heterocycles. The summed E-state index contributed by atoms with van der Waals surface area (Å²) in [5.74, 6) is 1.29. The molecule has 0 heterocycles. The molecule has 0 bridgehead atoms. The third kappa shape index (κ3) is 4.62. The van der Waals surface area contributed by atoms with E-state index in [-0.39, 0.29) is 11.2 Å². The topological polar surface area (TPSA) is 60.2 Å². The molecule has 0 fully saturated rings. The van der Waals surface area contributed by atoms with Crippen molar-refractivity contribution in [2.75, 3.05) is 5.75 Å². The monoisotopic (exact) mass is 206 g/mol. The van der Waals surface area contributed by atoms with Crippen LogP contribution in [-0.2, 0) is 10.0 Å². The summed E-state index contributed by atoms with van der Waals surface area (Å²) in [6.07, 6.45) is 1.83. The first-order valence-corrected chi connectivity index (χ1v) is 6.30. The number of primary sulfonamides is 1. The van der Waals surface area contributed by atoms with E-state index in [1.165, 1.54) is 5.92 Å². The van der Waals surface area contributed by atoms with Gasteiger partial charge in [0, 0.05) is 0 Å². The number of hydrogen-bond acceptors (Lipinski definition) is 2. The van der Waals surface area contributed by atoms with Crippen molar-refractivity contribution >= 4 is 10.0 Å². The predicted octanol–water partition coefficient (Wildman–Crippen LogP) is 1.70. The summed E-state index contributed by atoms with van der Waals surface area (Å²) in [4.78, 5) is 0. The summed E-state index contributed by atoms with van der Waals surface area (Å²) in [5.41, 5.74) is -0.295. The molecule has 0 atom stereocenters. The van der Waals surface area contributed by atoms with Gasteiger partial charge in [0.15, 0.2) is 0 Å². The highest BCUT2D eigenvalue weighted by Crippen LogP contribution is 2.34. The molecule has 3 nitrogen and oxygen atoms in total. The van der Waals surface area contributed by atoms with E-state index in [1.54, 1.807) is 0 Å². The van der Waals surface area contributed by atoms with Crippen molar-refractivity contribution in [2.24, 2.45) is 10.6 Å². The van der Waals surface area contributed by atoms with Crippen molar-refractivity contribution in [3.8, 4) is 0 Å². The van der Waals surface area contributed by atoms with Gasteiger partial charge in [-0.1, -0.05) is 27.7 Å². The summed E-state index contributed by atoms with van der Waals surface area (Å²) >= 11 is 0. The first-order chi connectivity index (χ1) is 5.73. The van der Waals surface area contributed by atoms with Gasteiger partial charge in [-0.2, -0.15) is 0 Å². The number of hydrogen-bond donors (Lipinski definition) is 1. The summed E-state index contributed by atoms with van der Waals surface area (Å²) < 4.78 is 21.9. The second-order valence-corrected chi connectivity index (χ2v) is 5.62. The van der Waals surface area contributed by atoms with Gasteiger partial charge in [-0.15, -0.1) is 0 Å². The van der Waals surface area contributed by atoms with Crippen LogP contribution in [0.5, 0.6) is 0 Å². The van der Waals surface area contributed by atoms with E-state index in [0.29, 0.717) is 0 Å². The molecule has 0 rings (SSSR count). The Kier molecular flexibility index (Phi) is 4.39. The molecule has 0 aromatic heterocycles. The van der Waals surface area contributed by atoms with Crippen LogP contribution in [0.2, 0.25) is 0 Å². The Morgan fingerprint density at radius 2 is 1.62 bits per heavy atom. The van der Waals surface area contributed by atoms with E-state index in [4.69, 9.17) is 5.14 Å². The van der Waals surface area contributed by atoms with Gasteiger partial charge in [-0.3, -0.25) is 0 Å². The largest absolute Gasteiger partial charge is 0.229 e. The van der Waals surface area contributed by atoms with Crippen molar-refractivity contribution in [1.29, 1.82) is 0 Å². The van der Waals surface area contributed by atoms with Crippen molar-refractivity contribution in [2.45, 2.75) is 40.5 Å². The molecule has 0 aromatic carbocycles. The minimum absolute atomic E-state index is 0.0387. The van der Waals surface area contributed by atoms with Crippen LogP contribution in [0.25, 0.3) is 0 Å². The molecule has 79 valence electrons. The lowest BCUT2D eigenvalue weighted by Crippen LogP contribution is -2.33. The summed E-state index contributed by atoms with van der Waals surface area (Å²) in [6, 6.07) is 0. The molecule has 0 aliphatic rings. The minimum Gasteiger partial charge on any atom is -0.229 e. The van der Waals surface area contributed by atoms with Crippen LogP contribution in [0.15, 0.2) is 0 Å². The van der Waals surface area contributed by atoms with Gasteiger partial charge >= 0.3 is 0 Å². The molecule has 0 aromatic rings. The van der Waals surface area contributed by atoms with Crippen molar-refractivity contribution in [3.05, 3.63) is 5.92 Å². The van der Waals surface area contributed by atoms with Gasteiger partial charge < -0.3 is 0 Å². The van der Waals surface area contributed by atoms with Crippen LogP contribution in [0.1, 0.15) is 40.5 Å². The zero-order chi connectivity index (χ0) is 10.7. The number of rotatable bonds is 5. The maximum absolute atomic E-state index is 10.9. The van der Waals surface area contributed by atoms with Gasteiger partial charge in [-0.05, 0) is 24.2 Å². The molecule has 0 amide bonds. The molecule has 2 N–H and O–H groups in total. The fourth-order valence-corrected chi connectivity index (χ4v) is 3.02. The lowest BCUT2D eigenvalue weighted by Gasteiger charge is -2.31. The Morgan fingerprint density at radius 1 is 1.23 bits per heavy atom. The first kappa shape index (κ1) is 12.9. The second-order valence-electron chi connectivity index (χ2n) is 4.00. The highest BCUT2D eigenvalue weighted by molar-refractivity contribution is 7.89. The fraction of sp³-hybridized carbons (Fsp3) is 0.889. The third-order valence-corrected chi connectivity index (χ3v) is 3.50. The first-order valence-electron chi connectivity index (χ1n) is 4.58. The standard InChI is InChI=1S/C9H20NO2S/c1-5-8(6-2)9(3,4)7-13(10,11)12/h5-7H2,1-4H3,(H2,10,11,12). The summed E-state index contributed by atoms with van der Waals surface area (Å²) in [5, 5.41) is 5.03. The van der Waals surface area contributed by atoms with E-state index in [9.17, 15) is 8.42 Å². The predicted molar refractivity (Wildman–Crippen MR) is 55.6 cm³/mol. The lowest BCUT2D eigenvalue weighted by molar-refractivity contribution is 0.395. The second kappa shape index (κ2) is 4.42. The molecule has 4 heteroatoms. The number of sulfonamides is 1. The van der Waals surface area contributed by atoms with E-state index in [1.807, 2.05) is 27.7 Å². The van der Waals surface area contributed by atoms with Gasteiger partial charge in [0.05, 0.1) is 5.75 Å². The third-order valence-electron chi connectivity index (χ3n) is 2.37. The molecule has 0 saturated carbocycles. The van der Waals surface area contributed by atoms with Gasteiger partial charge in [0.25, 0.3) is 0 Å². The van der Waals surface area contributed by atoms with Gasteiger partial charge in [0.2, 0.25) is 10.0 Å². The lowest BCUT2D eigenvalue weighted by atomic mass is 9.77. The molecule has 0 unspecified atom stereocenters. The molecule has 1 radical (unpaired) electrons. The normalized spacial score (nSPS) is 13.7. The highest BCUT2D eigenvalue weighted by atomic mass is 32.2. The average Bonchev–Trinajstić information content (AvgIpc) is 1.83. The van der Waals surface area contributed by atoms with Crippen LogP contribution >= 0.6 is 0 Å². The maximum Gasteiger partial charge on any atom is 0.209 e. The molecular weight excluding hydrogens is 186 g/mol. The highest BCUT2D eigenvalue weighted by Gasteiger charge is 2.31. The summed E-state index contributed by atoms with van der Waals surface area (Å²) in [6.45, 7) is 7.95. The Morgan fingerprint density at radius 3 is 1.85 bits per heavy atom. The van der Waals surface area contributed by atoms with E-state index < -0.39 is 10.0 Å². The average molecular weight is 206 g/mol. The van der Waals surface area contributed by atoms with Crippen LogP contribution in [-0.4, -0.2) is 14.2 Å². The zero-order valence-electron chi connectivity index (χ0n) is 8.92. The Balaban J connectivity index is 4.55. The smallest absolute Gasteiger partial charge is 0.209 e. The van der Waals surface area contributed by atoms with E-state index >= 15 is 0 Å². The summed E-state index contributed by atoms with van der Waals surface area (Å²) in [7, 11) is -3.37. The molecule has 0 aliphatic carbocycles. The maximum atomic E-state index is 10.9. The van der Waals surface area contributed by atoms with Crippen LogP contribution in [0.4, 0.5) is 0 Å². The van der Waals surface area contributed by atoms with Crippen molar-refractivity contribution in [1.82, 2.24) is 0 Å². The zero-order valence-corrected chi connectivity index (χ0v) is 9.74. The minimum atomic E-state index is -3.37. The van der Waals surface area contributed by atoms with Gasteiger partial charge in [0.1, 0.15) is 0 Å². The Hall–Kier alpha value is -0.0900. The van der Waals surface area contributed by atoms with Crippen LogP contribution in [0, 0.1) is 11.3 Å². The van der Waals surface area contributed by atoms with Crippen molar-refractivity contribution < 1.29 is 8.42 Å². The van der Waals surface area contributed by atoms with Crippen molar-refractivity contribution in [3.63, 3.8) is 0 Å². The van der Waals surface area contributed by atoms with E-state index in [2.05, 4.69) is 0 Å². The SMILES string of the molecule is CC[C](CC)C(C)(C)CS(N)(=O)=O. The van der Waals surface area contributed by atoms with Crippen LogP contribution in [0.3, 0.4) is 0 Å². The molecule has 0 spiro atoms. The fourth-order valence-electron chi connectivity index (χ4n) is 1.81. The number of nitrogens with two attached hydrogens (primary N) is 1. The quantitative estimate of drug-likeness (QED) is 0.744. The molecular formula is C9H20NO2S.